The van der Waals surface area contributed by atoms with Crippen molar-refractivity contribution in [2.24, 2.45) is 17.8 Å². The van der Waals surface area contributed by atoms with Crippen LogP contribution in [-0.2, 0) is 9.59 Å². The molecule has 4 nitrogen and oxygen atoms in total. The highest BCUT2D eigenvalue weighted by Crippen LogP contribution is 2.47. The maximum absolute atomic E-state index is 14.2. The fraction of sp³-hybridized carbons (Fsp3) is 0.600. The largest absolute Gasteiger partial charge is 0.342 e. The van der Waals surface area contributed by atoms with Gasteiger partial charge in [-0.2, -0.15) is 0 Å². The van der Waals surface area contributed by atoms with Gasteiger partial charge in [-0.3, -0.25) is 9.59 Å². The summed E-state index contributed by atoms with van der Waals surface area (Å²) in [5.41, 5.74) is 1.10. The van der Waals surface area contributed by atoms with Crippen LogP contribution in [0.3, 0.4) is 0 Å². The molecule has 5 heteroatoms. The van der Waals surface area contributed by atoms with Crippen LogP contribution in [0.5, 0.6) is 0 Å². The minimum Gasteiger partial charge on any atom is -0.342 e. The molecule has 0 bridgehead atoms. The first kappa shape index (κ1) is 16.6. The van der Waals surface area contributed by atoms with Crippen molar-refractivity contribution in [2.45, 2.75) is 45.1 Å². The van der Waals surface area contributed by atoms with Crippen molar-refractivity contribution in [3.8, 4) is 0 Å². The molecule has 1 heterocycles. The minimum atomic E-state index is -0.399. The standard InChI is InChI=1S/C20H25FN2O2/c1-12-3-8-17(16(21)9-12)23-11-15(10-18(23)24)20(25)22(2)19(13-4-5-13)14-6-7-14/h3,8-9,13-15,19H,4-7,10-11H2,1-2H3/t15-/m0/s1. The lowest BCUT2D eigenvalue weighted by Gasteiger charge is -2.30. The van der Waals surface area contributed by atoms with Crippen molar-refractivity contribution in [3.63, 3.8) is 0 Å². The maximum Gasteiger partial charge on any atom is 0.228 e. The van der Waals surface area contributed by atoms with Crippen LogP contribution in [0.2, 0.25) is 0 Å². The van der Waals surface area contributed by atoms with Crippen LogP contribution in [0.25, 0.3) is 0 Å². The average molecular weight is 344 g/mol. The number of nitrogens with zero attached hydrogens (tertiary/aromatic N) is 2. The zero-order chi connectivity index (χ0) is 17.7. The molecule has 1 aromatic rings. The minimum absolute atomic E-state index is 0.0483. The van der Waals surface area contributed by atoms with Gasteiger partial charge in [0, 0.05) is 26.1 Å². The Morgan fingerprint density at radius 3 is 2.44 bits per heavy atom. The number of carbonyl (C=O) groups excluding carboxylic acids is 2. The van der Waals surface area contributed by atoms with E-state index in [0.717, 1.165) is 5.56 Å². The number of aryl methyl sites for hydroxylation is 1. The molecule has 3 aliphatic rings. The van der Waals surface area contributed by atoms with Gasteiger partial charge in [0.05, 0.1) is 11.6 Å². The van der Waals surface area contributed by atoms with Gasteiger partial charge < -0.3 is 9.80 Å². The first-order chi connectivity index (χ1) is 12.0. The lowest BCUT2D eigenvalue weighted by atomic mass is 10.0. The van der Waals surface area contributed by atoms with Gasteiger partial charge in [-0.25, -0.2) is 4.39 Å². The fourth-order valence-electron chi connectivity index (χ4n) is 4.26. The van der Waals surface area contributed by atoms with E-state index in [1.165, 1.54) is 36.6 Å². The summed E-state index contributed by atoms with van der Waals surface area (Å²) >= 11 is 0. The van der Waals surface area contributed by atoms with Crippen molar-refractivity contribution in [1.82, 2.24) is 4.90 Å². The topological polar surface area (TPSA) is 40.6 Å². The zero-order valence-corrected chi connectivity index (χ0v) is 14.9. The van der Waals surface area contributed by atoms with Crippen LogP contribution >= 0.6 is 0 Å². The van der Waals surface area contributed by atoms with Crippen molar-refractivity contribution in [2.75, 3.05) is 18.5 Å². The zero-order valence-electron chi connectivity index (χ0n) is 14.9. The van der Waals surface area contributed by atoms with E-state index in [9.17, 15) is 14.0 Å². The number of carbonyl (C=O) groups is 2. The van der Waals surface area contributed by atoms with Crippen LogP contribution in [0.15, 0.2) is 18.2 Å². The molecule has 2 aliphatic carbocycles. The Kier molecular flexibility index (Phi) is 4.05. The summed E-state index contributed by atoms with van der Waals surface area (Å²) in [6.07, 6.45) is 5.02. The Morgan fingerprint density at radius 2 is 1.88 bits per heavy atom. The third-order valence-corrected chi connectivity index (χ3v) is 5.87. The lowest BCUT2D eigenvalue weighted by Crippen LogP contribution is -2.43. The highest BCUT2D eigenvalue weighted by molar-refractivity contribution is 6.00. The van der Waals surface area contributed by atoms with Crippen LogP contribution in [0.4, 0.5) is 10.1 Å². The summed E-state index contributed by atoms with van der Waals surface area (Å²) in [5.74, 6) is 0.409. The van der Waals surface area contributed by atoms with Crippen molar-refractivity contribution >= 4 is 17.5 Å². The van der Waals surface area contributed by atoms with Gasteiger partial charge in [-0.1, -0.05) is 6.07 Å². The third kappa shape index (κ3) is 3.16. The molecule has 0 radical (unpaired) electrons. The number of hydrogen-bond acceptors (Lipinski definition) is 2. The van der Waals surface area contributed by atoms with Crippen LogP contribution in [0, 0.1) is 30.5 Å². The molecular weight excluding hydrogens is 319 g/mol. The molecule has 134 valence electrons. The summed E-state index contributed by atoms with van der Waals surface area (Å²) in [6.45, 7) is 2.10. The Labute approximate surface area is 148 Å². The van der Waals surface area contributed by atoms with Crippen LogP contribution in [0.1, 0.15) is 37.7 Å². The van der Waals surface area contributed by atoms with Crippen molar-refractivity contribution in [3.05, 3.63) is 29.6 Å². The van der Waals surface area contributed by atoms with Gasteiger partial charge in [0.15, 0.2) is 0 Å². The predicted molar refractivity (Wildman–Crippen MR) is 93.6 cm³/mol. The average Bonchev–Trinajstić information content (AvgIpc) is 3.48. The summed E-state index contributed by atoms with van der Waals surface area (Å²) < 4.78 is 14.2. The van der Waals surface area contributed by atoms with Crippen LogP contribution in [-0.4, -0.2) is 36.3 Å². The number of hydrogen-bond donors (Lipinski definition) is 0. The Morgan fingerprint density at radius 1 is 1.24 bits per heavy atom. The fourth-order valence-corrected chi connectivity index (χ4v) is 4.26. The molecule has 1 aliphatic heterocycles. The number of rotatable bonds is 5. The second-order valence-electron chi connectivity index (χ2n) is 7.97. The van der Waals surface area contributed by atoms with E-state index in [4.69, 9.17) is 0 Å². The number of benzene rings is 1. The summed E-state index contributed by atoms with van der Waals surface area (Å²) in [5, 5.41) is 0. The second kappa shape index (κ2) is 6.11. The van der Waals surface area contributed by atoms with Gasteiger partial charge in [0.1, 0.15) is 5.82 Å². The van der Waals surface area contributed by atoms with Gasteiger partial charge in [-0.15, -0.1) is 0 Å². The number of anilines is 1. The highest BCUT2D eigenvalue weighted by atomic mass is 19.1. The molecule has 1 atom stereocenters. The number of halogens is 1. The summed E-state index contributed by atoms with van der Waals surface area (Å²) in [6, 6.07) is 5.20. The molecule has 2 amide bonds. The first-order valence-corrected chi connectivity index (χ1v) is 9.29. The smallest absolute Gasteiger partial charge is 0.228 e. The van der Waals surface area contributed by atoms with E-state index in [1.54, 1.807) is 12.1 Å². The molecule has 2 saturated carbocycles. The normalized spacial score (nSPS) is 23.4. The molecule has 3 fully saturated rings. The molecule has 0 aromatic heterocycles. The monoisotopic (exact) mass is 344 g/mol. The maximum atomic E-state index is 14.2. The molecule has 0 spiro atoms. The van der Waals surface area contributed by atoms with Gasteiger partial charge >= 0.3 is 0 Å². The van der Waals surface area contributed by atoms with E-state index < -0.39 is 5.82 Å². The van der Waals surface area contributed by atoms with E-state index in [-0.39, 0.29) is 36.4 Å². The second-order valence-corrected chi connectivity index (χ2v) is 7.97. The summed E-state index contributed by atoms with van der Waals surface area (Å²) in [4.78, 5) is 28.7. The molecule has 4 rings (SSSR count). The van der Waals surface area contributed by atoms with Crippen LogP contribution < -0.4 is 4.90 Å². The van der Waals surface area contributed by atoms with E-state index >= 15 is 0 Å². The van der Waals surface area contributed by atoms with E-state index in [1.807, 2.05) is 18.9 Å². The van der Waals surface area contributed by atoms with Gasteiger partial charge in [0.25, 0.3) is 0 Å². The van der Waals surface area contributed by atoms with E-state index in [2.05, 4.69) is 0 Å². The van der Waals surface area contributed by atoms with Crippen molar-refractivity contribution in [1.29, 1.82) is 0 Å². The SMILES string of the molecule is Cc1ccc(N2C[C@@H](C(=O)N(C)C(C3CC3)C3CC3)CC2=O)c(F)c1. The first-order valence-electron chi connectivity index (χ1n) is 9.29. The molecule has 1 saturated heterocycles. The quantitative estimate of drug-likeness (QED) is 0.823. The van der Waals surface area contributed by atoms with Crippen molar-refractivity contribution < 1.29 is 14.0 Å². The Hall–Kier alpha value is -1.91. The Bertz CT molecular complexity index is 700. The van der Waals surface area contributed by atoms with Gasteiger partial charge in [0.2, 0.25) is 11.8 Å². The molecule has 25 heavy (non-hydrogen) atoms. The Balaban J connectivity index is 1.48. The number of amides is 2. The molecule has 0 N–H and O–H groups in total. The highest BCUT2D eigenvalue weighted by Gasteiger charge is 2.47. The molecule has 0 unspecified atom stereocenters. The molecule has 1 aromatic carbocycles. The van der Waals surface area contributed by atoms with Gasteiger partial charge in [-0.05, 0) is 62.1 Å². The van der Waals surface area contributed by atoms with E-state index in [0.29, 0.717) is 17.9 Å². The lowest BCUT2D eigenvalue weighted by molar-refractivity contribution is -0.137. The third-order valence-electron chi connectivity index (χ3n) is 5.87. The predicted octanol–water partition coefficient (Wildman–Crippen LogP) is 3.13. The summed E-state index contributed by atoms with van der Waals surface area (Å²) in [7, 11) is 1.89. The molecular formula is C20H25FN2O2.